The van der Waals surface area contributed by atoms with Gasteiger partial charge in [0, 0.05) is 32.1 Å². The summed E-state index contributed by atoms with van der Waals surface area (Å²) in [6.45, 7) is 3.00. The van der Waals surface area contributed by atoms with Crippen molar-refractivity contribution in [1.29, 1.82) is 0 Å². The topological polar surface area (TPSA) is 52.7 Å². The molecule has 3 amide bonds. The number of fused-ring (bicyclic) bond motifs is 4. The second-order valence-corrected chi connectivity index (χ2v) is 8.09. The third kappa shape index (κ3) is 3.71. The van der Waals surface area contributed by atoms with E-state index in [0.717, 1.165) is 51.7 Å². The van der Waals surface area contributed by atoms with Gasteiger partial charge in [0.1, 0.15) is 0 Å². The second kappa shape index (κ2) is 7.68. The highest BCUT2D eigenvalue weighted by molar-refractivity contribution is 5.80. The number of nitrogens with one attached hydrogen (secondary N) is 1. The molecule has 26 heavy (non-hydrogen) atoms. The monoisotopic (exact) mass is 355 g/mol. The van der Waals surface area contributed by atoms with Crippen molar-refractivity contribution >= 4 is 11.9 Å². The molecule has 3 heterocycles. The quantitative estimate of drug-likeness (QED) is 0.903. The van der Waals surface area contributed by atoms with E-state index >= 15 is 0 Å². The minimum Gasteiger partial charge on any atom is -0.340 e. The molecule has 1 N–H and O–H groups in total. The highest BCUT2D eigenvalue weighted by Crippen LogP contribution is 2.33. The molecule has 1 saturated carbocycles. The maximum absolute atomic E-state index is 12.7. The minimum absolute atomic E-state index is 0.0357. The molecule has 4 fully saturated rings. The Morgan fingerprint density at radius 1 is 1.00 bits per heavy atom. The van der Waals surface area contributed by atoms with Crippen molar-refractivity contribution in [3.63, 3.8) is 0 Å². The van der Waals surface area contributed by atoms with E-state index in [1.54, 1.807) is 0 Å². The van der Waals surface area contributed by atoms with E-state index in [4.69, 9.17) is 0 Å². The number of amides is 3. The number of carbonyl (C=O) groups excluding carboxylic acids is 2. The van der Waals surface area contributed by atoms with Gasteiger partial charge in [0.2, 0.25) is 5.91 Å². The Balaban J connectivity index is 1.32. The van der Waals surface area contributed by atoms with Crippen LogP contribution < -0.4 is 5.32 Å². The van der Waals surface area contributed by atoms with Crippen LogP contribution in [0.5, 0.6) is 0 Å². The van der Waals surface area contributed by atoms with Gasteiger partial charge >= 0.3 is 6.03 Å². The molecule has 0 spiro atoms. The molecule has 1 aromatic carbocycles. The van der Waals surface area contributed by atoms with Gasteiger partial charge in [-0.25, -0.2) is 4.79 Å². The molecule has 4 aliphatic rings. The fraction of sp³-hybridized carbons (Fsp3) is 0.619. The normalized spacial score (nSPS) is 25.5. The number of piperidine rings is 1. The number of hydrogen-bond donors (Lipinski definition) is 1. The van der Waals surface area contributed by atoms with Crippen molar-refractivity contribution in [3.05, 3.63) is 35.9 Å². The first-order valence-corrected chi connectivity index (χ1v) is 10.1. The lowest BCUT2D eigenvalue weighted by Crippen LogP contribution is -2.52. The van der Waals surface area contributed by atoms with Crippen molar-refractivity contribution in [1.82, 2.24) is 15.1 Å². The Morgan fingerprint density at radius 2 is 1.81 bits per heavy atom. The molecule has 5 heteroatoms. The number of rotatable bonds is 4. The van der Waals surface area contributed by atoms with Crippen LogP contribution in [0, 0.1) is 11.8 Å². The van der Waals surface area contributed by atoms with Crippen LogP contribution in [-0.4, -0.2) is 54.0 Å². The molecule has 2 atom stereocenters. The smallest absolute Gasteiger partial charge is 0.317 e. The summed E-state index contributed by atoms with van der Waals surface area (Å²) in [6.07, 6.45) is 6.29. The van der Waals surface area contributed by atoms with Crippen molar-refractivity contribution in [2.24, 2.45) is 11.8 Å². The average Bonchev–Trinajstić information content (AvgIpc) is 2.93. The van der Waals surface area contributed by atoms with E-state index in [9.17, 15) is 9.59 Å². The van der Waals surface area contributed by atoms with E-state index in [-0.39, 0.29) is 18.0 Å². The molecule has 3 aliphatic heterocycles. The van der Waals surface area contributed by atoms with Crippen LogP contribution in [0.2, 0.25) is 0 Å². The van der Waals surface area contributed by atoms with Gasteiger partial charge in [-0.3, -0.25) is 4.79 Å². The molecule has 1 aliphatic carbocycles. The van der Waals surface area contributed by atoms with E-state index in [0.29, 0.717) is 18.4 Å². The third-order valence-electron chi connectivity index (χ3n) is 6.27. The van der Waals surface area contributed by atoms with Crippen LogP contribution in [0.25, 0.3) is 0 Å². The predicted molar refractivity (Wildman–Crippen MR) is 101 cm³/mol. The summed E-state index contributed by atoms with van der Waals surface area (Å²) in [7, 11) is 0. The molecule has 0 unspecified atom stereocenters. The van der Waals surface area contributed by atoms with Gasteiger partial charge in [-0.05, 0) is 43.6 Å². The van der Waals surface area contributed by atoms with Crippen molar-refractivity contribution in [2.45, 2.75) is 44.6 Å². The maximum Gasteiger partial charge on any atom is 0.317 e. The van der Waals surface area contributed by atoms with Crippen molar-refractivity contribution in [2.75, 3.05) is 26.2 Å². The summed E-state index contributed by atoms with van der Waals surface area (Å²) in [4.78, 5) is 29.4. The number of urea groups is 1. The third-order valence-corrected chi connectivity index (χ3v) is 6.27. The Kier molecular flexibility index (Phi) is 5.14. The van der Waals surface area contributed by atoms with Gasteiger partial charge in [-0.15, -0.1) is 0 Å². The van der Waals surface area contributed by atoms with E-state index in [1.165, 1.54) is 12.0 Å². The largest absolute Gasteiger partial charge is 0.340 e. The summed E-state index contributed by atoms with van der Waals surface area (Å²) in [5, 5.41) is 3.09. The minimum atomic E-state index is 0.0357. The summed E-state index contributed by atoms with van der Waals surface area (Å²) in [6, 6.07) is 10.4. The van der Waals surface area contributed by atoms with Gasteiger partial charge in [-0.1, -0.05) is 36.8 Å². The Labute approximate surface area is 155 Å². The highest BCUT2D eigenvalue weighted by atomic mass is 16.2. The molecule has 2 bridgehead atoms. The summed E-state index contributed by atoms with van der Waals surface area (Å²) < 4.78 is 0. The van der Waals surface area contributed by atoms with E-state index in [2.05, 4.69) is 22.3 Å². The lowest BCUT2D eigenvalue weighted by molar-refractivity contribution is -0.138. The fourth-order valence-electron chi connectivity index (χ4n) is 4.48. The zero-order chi connectivity index (χ0) is 17.9. The molecule has 140 valence electrons. The number of nitrogens with zero attached hydrogens (tertiary/aromatic N) is 2. The van der Waals surface area contributed by atoms with E-state index < -0.39 is 0 Å². The Morgan fingerprint density at radius 3 is 2.54 bits per heavy atom. The van der Waals surface area contributed by atoms with Crippen LogP contribution in [0.4, 0.5) is 4.79 Å². The summed E-state index contributed by atoms with van der Waals surface area (Å²) in [5.41, 5.74) is 1.24. The fourth-order valence-corrected chi connectivity index (χ4v) is 4.48. The first-order chi connectivity index (χ1) is 12.7. The predicted octanol–water partition coefficient (Wildman–Crippen LogP) is 2.66. The van der Waals surface area contributed by atoms with Crippen LogP contribution in [0.3, 0.4) is 0 Å². The van der Waals surface area contributed by atoms with Crippen LogP contribution >= 0.6 is 0 Å². The Hall–Kier alpha value is -2.04. The van der Waals surface area contributed by atoms with Crippen LogP contribution in [-0.2, 0) is 11.2 Å². The van der Waals surface area contributed by atoms with Crippen LogP contribution in [0.15, 0.2) is 30.3 Å². The van der Waals surface area contributed by atoms with Gasteiger partial charge in [0.05, 0.1) is 6.04 Å². The van der Waals surface area contributed by atoms with Gasteiger partial charge in [0.25, 0.3) is 0 Å². The van der Waals surface area contributed by atoms with Crippen molar-refractivity contribution in [3.8, 4) is 0 Å². The molecule has 5 rings (SSSR count). The van der Waals surface area contributed by atoms with Crippen LogP contribution in [0.1, 0.15) is 37.7 Å². The first-order valence-electron chi connectivity index (χ1n) is 10.1. The molecule has 5 nitrogen and oxygen atoms in total. The SMILES string of the molecule is O=C(C1CCC1)N1C[C@@H]2CC[C@H](C1)N(C(=O)NCCc1ccccc1)C2. The zero-order valence-electron chi connectivity index (χ0n) is 15.4. The lowest BCUT2D eigenvalue weighted by Gasteiger charge is -2.36. The molecule has 0 aromatic heterocycles. The summed E-state index contributed by atoms with van der Waals surface area (Å²) >= 11 is 0. The lowest BCUT2D eigenvalue weighted by atomic mass is 9.84. The molecular formula is C21H29N3O2. The number of carbonyl (C=O) groups is 2. The van der Waals surface area contributed by atoms with E-state index in [1.807, 2.05) is 23.1 Å². The number of benzene rings is 1. The number of hydrogen-bond acceptors (Lipinski definition) is 2. The zero-order valence-corrected chi connectivity index (χ0v) is 15.4. The standard InChI is InChI=1S/C21H29N3O2/c25-20(18-7-4-8-18)23-13-17-9-10-19(15-23)24(14-17)21(26)22-12-11-16-5-2-1-3-6-16/h1-3,5-6,17-19H,4,7-15H2,(H,22,26)/t17-,19+/m0/s1. The molecule has 3 saturated heterocycles. The Bertz CT molecular complexity index is 644. The van der Waals surface area contributed by atoms with Gasteiger partial charge in [0.15, 0.2) is 0 Å². The van der Waals surface area contributed by atoms with Crippen molar-refractivity contribution < 1.29 is 9.59 Å². The highest BCUT2D eigenvalue weighted by Gasteiger charge is 2.40. The van der Waals surface area contributed by atoms with Gasteiger partial charge < -0.3 is 15.1 Å². The summed E-state index contributed by atoms with van der Waals surface area (Å²) in [5.74, 6) is 1.01. The molecule has 1 aromatic rings. The average molecular weight is 355 g/mol. The van der Waals surface area contributed by atoms with Gasteiger partial charge in [-0.2, -0.15) is 0 Å². The molecular weight excluding hydrogens is 326 g/mol. The maximum atomic E-state index is 12.7. The first kappa shape index (κ1) is 17.4. The molecule has 0 radical (unpaired) electrons. The second-order valence-electron chi connectivity index (χ2n) is 8.09.